The summed E-state index contributed by atoms with van der Waals surface area (Å²) in [6, 6.07) is 0. The van der Waals surface area contributed by atoms with E-state index in [4.69, 9.17) is 11.6 Å². The van der Waals surface area contributed by atoms with Gasteiger partial charge in [-0.15, -0.1) is 0 Å². The normalized spacial score (nSPS) is 11.7. The maximum Gasteiger partial charge on any atom is 0.121 e. The van der Waals surface area contributed by atoms with E-state index in [-0.39, 0.29) is 0 Å². The maximum absolute atomic E-state index is 5.43. The van der Waals surface area contributed by atoms with Crippen molar-refractivity contribution in [3.63, 3.8) is 0 Å². The summed E-state index contributed by atoms with van der Waals surface area (Å²) in [6.45, 7) is 7.52. The van der Waals surface area contributed by atoms with E-state index in [0.717, 1.165) is 18.6 Å². The molecule has 1 nitrogen and oxygen atoms in total. The van der Waals surface area contributed by atoms with Crippen molar-refractivity contribution < 1.29 is 0 Å². The molecule has 52 valence electrons. The van der Waals surface area contributed by atoms with Crippen LogP contribution in [-0.4, -0.2) is 5.71 Å². The Kier molecular flexibility index (Phi) is 4.41. The van der Waals surface area contributed by atoms with E-state index in [1.54, 1.807) is 0 Å². The highest BCUT2D eigenvalue weighted by Gasteiger charge is 1.87. The van der Waals surface area contributed by atoms with Crippen LogP contribution in [0.4, 0.5) is 0 Å². The Bertz CT molecular complexity index is 127. The third-order valence-corrected chi connectivity index (χ3v) is 1.01. The van der Waals surface area contributed by atoms with Crippen molar-refractivity contribution in [2.24, 2.45) is 4.99 Å². The first kappa shape index (κ1) is 8.70. The lowest BCUT2D eigenvalue weighted by Gasteiger charge is -1.93. The molecule has 0 heterocycles. The molecule has 0 spiro atoms. The zero-order valence-corrected chi connectivity index (χ0v) is 6.70. The number of rotatable bonds is 3. The van der Waals surface area contributed by atoms with E-state index in [1.807, 2.05) is 6.92 Å². The molecule has 0 bridgehead atoms. The molecule has 0 fully saturated rings. The summed E-state index contributed by atoms with van der Waals surface area (Å²) >= 11 is 5.43. The van der Waals surface area contributed by atoms with Gasteiger partial charge in [-0.2, -0.15) is 0 Å². The Labute approximate surface area is 61.4 Å². The Hall–Kier alpha value is -0.300. The minimum Gasteiger partial charge on any atom is -0.246 e. The molecule has 0 radical (unpaired) electrons. The summed E-state index contributed by atoms with van der Waals surface area (Å²) in [5, 5.41) is 0.376. The van der Waals surface area contributed by atoms with Crippen LogP contribution in [0.25, 0.3) is 0 Å². The number of halogens is 1. The highest BCUT2D eigenvalue weighted by atomic mass is 35.5. The van der Waals surface area contributed by atoms with Crippen molar-refractivity contribution in [3.05, 3.63) is 11.7 Å². The third-order valence-electron chi connectivity index (χ3n) is 0.924. The maximum atomic E-state index is 5.43. The summed E-state index contributed by atoms with van der Waals surface area (Å²) in [4.78, 5) is 3.95. The minimum atomic E-state index is 0.376. The van der Waals surface area contributed by atoms with E-state index in [1.165, 1.54) is 0 Å². The predicted molar refractivity (Wildman–Crippen MR) is 43.0 cm³/mol. The molecule has 0 atom stereocenters. The minimum absolute atomic E-state index is 0.376. The van der Waals surface area contributed by atoms with Gasteiger partial charge in [0.25, 0.3) is 0 Å². The van der Waals surface area contributed by atoms with E-state index < -0.39 is 0 Å². The van der Waals surface area contributed by atoms with Crippen LogP contribution >= 0.6 is 11.6 Å². The van der Waals surface area contributed by atoms with E-state index in [0.29, 0.717) is 5.16 Å². The summed E-state index contributed by atoms with van der Waals surface area (Å²) in [6.07, 6.45) is 2.12. The first-order chi connectivity index (χ1) is 4.16. The topological polar surface area (TPSA) is 12.4 Å². The molecular weight excluding hydrogens is 134 g/mol. The van der Waals surface area contributed by atoms with Crippen LogP contribution in [0, 0.1) is 0 Å². The van der Waals surface area contributed by atoms with Crippen LogP contribution in [-0.2, 0) is 0 Å². The Morgan fingerprint density at radius 2 is 2.22 bits per heavy atom. The molecule has 0 aromatic rings. The molecule has 0 amide bonds. The second-order valence-electron chi connectivity index (χ2n) is 1.97. The molecule has 0 aromatic carbocycles. The van der Waals surface area contributed by atoms with Crippen LogP contribution < -0.4 is 0 Å². The van der Waals surface area contributed by atoms with Crippen molar-refractivity contribution >= 4 is 17.3 Å². The molecule has 0 N–H and O–H groups in total. The second-order valence-corrected chi connectivity index (χ2v) is 2.41. The average molecular weight is 146 g/mol. The average Bonchev–Trinajstić information content (AvgIpc) is 1.63. The number of hydrogen-bond donors (Lipinski definition) is 0. The van der Waals surface area contributed by atoms with Gasteiger partial charge in [0.15, 0.2) is 0 Å². The molecule has 9 heavy (non-hydrogen) atoms. The van der Waals surface area contributed by atoms with Crippen molar-refractivity contribution in [1.29, 1.82) is 0 Å². The monoisotopic (exact) mass is 145 g/mol. The molecule has 0 aromatic heterocycles. The van der Waals surface area contributed by atoms with E-state index in [9.17, 15) is 0 Å². The SMILES string of the molecule is C=C(Cl)N=C(C)CCC. The van der Waals surface area contributed by atoms with Gasteiger partial charge in [-0.3, -0.25) is 0 Å². The molecule has 0 aliphatic rings. The van der Waals surface area contributed by atoms with E-state index in [2.05, 4.69) is 18.5 Å². The van der Waals surface area contributed by atoms with Gasteiger partial charge in [0.1, 0.15) is 5.16 Å². The van der Waals surface area contributed by atoms with Crippen molar-refractivity contribution in [2.45, 2.75) is 26.7 Å². The lowest BCUT2D eigenvalue weighted by molar-refractivity contribution is 0.987. The van der Waals surface area contributed by atoms with Crippen molar-refractivity contribution in [2.75, 3.05) is 0 Å². The highest BCUT2D eigenvalue weighted by molar-refractivity contribution is 6.29. The van der Waals surface area contributed by atoms with Crippen LogP contribution in [0.3, 0.4) is 0 Å². The zero-order valence-electron chi connectivity index (χ0n) is 5.95. The third kappa shape index (κ3) is 5.57. The second kappa shape index (κ2) is 4.57. The lowest BCUT2D eigenvalue weighted by Crippen LogP contribution is -1.88. The zero-order chi connectivity index (χ0) is 7.28. The molecule has 0 saturated heterocycles. The molecule has 0 unspecified atom stereocenters. The molecule has 2 heteroatoms. The number of nitrogens with zero attached hydrogens (tertiary/aromatic N) is 1. The summed E-state index contributed by atoms with van der Waals surface area (Å²) in [7, 11) is 0. The van der Waals surface area contributed by atoms with Crippen molar-refractivity contribution in [1.82, 2.24) is 0 Å². The molecular formula is C7H12ClN. The fraction of sp³-hybridized carbons (Fsp3) is 0.571. The molecule has 0 aliphatic carbocycles. The van der Waals surface area contributed by atoms with Gasteiger partial charge in [0.05, 0.1) is 0 Å². The van der Waals surface area contributed by atoms with Crippen LogP contribution in [0.5, 0.6) is 0 Å². The van der Waals surface area contributed by atoms with Gasteiger partial charge in [-0.05, 0) is 13.3 Å². The van der Waals surface area contributed by atoms with Gasteiger partial charge in [0.2, 0.25) is 0 Å². The smallest absolute Gasteiger partial charge is 0.121 e. The van der Waals surface area contributed by atoms with Gasteiger partial charge < -0.3 is 0 Å². The van der Waals surface area contributed by atoms with Crippen LogP contribution in [0.1, 0.15) is 26.7 Å². The summed E-state index contributed by atoms with van der Waals surface area (Å²) in [5.74, 6) is 0. The van der Waals surface area contributed by atoms with Crippen molar-refractivity contribution in [3.8, 4) is 0 Å². The predicted octanol–water partition coefficient (Wildman–Crippen LogP) is 2.96. The largest absolute Gasteiger partial charge is 0.246 e. The number of hydrogen-bond acceptors (Lipinski definition) is 1. The Balaban J connectivity index is 3.69. The fourth-order valence-corrected chi connectivity index (χ4v) is 0.769. The molecule has 0 saturated carbocycles. The lowest BCUT2D eigenvalue weighted by atomic mass is 10.2. The van der Waals surface area contributed by atoms with Crippen LogP contribution in [0.15, 0.2) is 16.7 Å². The Morgan fingerprint density at radius 1 is 1.67 bits per heavy atom. The first-order valence-electron chi connectivity index (χ1n) is 3.05. The van der Waals surface area contributed by atoms with Gasteiger partial charge in [0, 0.05) is 5.71 Å². The van der Waals surface area contributed by atoms with Gasteiger partial charge >= 0.3 is 0 Å². The number of aliphatic imine (C=N–C) groups is 1. The standard InChI is InChI=1S/C7H12ClN/c1-4-5-6(2)9-7(3)8/h3-5H2,1-2H3. The van der Waals surface area contributed by atoms with Gasteiger partial charge in [-0.1, -0.05) is 31.5 Å². The molecule has 0 aliphatic heterocycles. The summed E-state index contributed by atoms with van der Waals surface area (Å²) < 4.78 is 0. The fourth-order valence-electron chi connectivity index (χ4n) is 0.625. The quantitative estimate of drug-likeness (QED) is 0.428. The van der Waals surface area contributed by atoms with E-state index >= 15 is 0 Å². The highest BCUT2D eigenvalue weighted by Crippen LogP contribution is 2.01. The summed E-state index contributed by atoms with van der Waals surface area (Å²) in [5.41, 5.74) is 1.05. The van der Waals surface area contributed by atoms with Gasteiger partial charge in [-0.25, -0.2) is 4.99 Å². The van der Waals surface area contributed by atoms with Crippen LogP contribution in [0.2, 0.25) is 0 Å². The Morgan fingerprint density at radius 3 is 2.56 bits per heavy atom. The molecule has 0 rings (SSSR count). The first-order valence-corrected chi connectivity index (χ1v) is 3.43.